The molecule has 5 aliphatic rings. The zero-order valence-corrected chi connectivity index (χ0v) is 29.7. The van der Waals surface area contributed by atoms with Crippen molar-refractivity contribution < 1.29 is 62.5 Å². The lowest BCUT2D eigenvalue weighted by molar-refractivity contribution is -0.248. The van der Waals surface area contributed by atoms with Crippen LogP contribution in [0.4, 0.5) is 0 Å². The van der Waals surface area contributed by atoms with Crippen molar-refractivity contribution in [3.8, 4) is 17.2 Å². The van der Waals surface area contributed by atoms with E-state index >= 15 is 0 Å². The van der Waals surface area contributed by atoms with Crippen LogP contribution in [-0.2, 0) is 44.4 Å². The average Bonchev–Trinajstić information content (AvgIpc) is 3.17. The van der Waals surface area contributed by atoms with E-state index in [4.69, 9.17) is 38.9 Å². The van der Waals surface area contributed by atoms with Crippen LogP contribution in [0.15, 0.2) is 18.2 Å². The van der Waals surface area contributed by atoms with Crippen LogP contribution in [0.1, 0.15) is 100 Å². The van der Waals surface area contributed by atoms with Crippen molar-refractivity contribution in [3.05, 3.63) is 51.6 Å². The SMILES string of the molecule is COc1cccc2c1C(=O)c1c(O)c3c(c(O)c1C2=O)CC(C(=O)COC1(OCC(N)=O)CCCCC1)CC3OC1CCC(OC2COCCN2)CO1. The van der Waals surface area contributed by atoms with Crippen LogP contribution in [0, 0.1) is 5.92 Å². The van der Waals surface area contributed by atoms with E-state index in [1.807, 2.05) is 0 Å². The van der Waals surface area contributed by atoms with Gasteiger partial charge in [-0.1, -0.05) is 18.6 Å². The summed E-state index contributed by atoms with van der Waals surface area (Å²) in [5.41, 5.74) is 4.90. The third-order valence-electron chi connectivity index (χ3n) is 10.8. The van der Waals surface area contributed by atoms with Gasteiger partial charge in [0.1, 0.15) is 36.7 Å². The molecule has 1 saturated carbocycles. The van der Waals surface area contributed by atoms with Gasteiger partial charge in [-0.25, -0.2) is 0 Å². The van der Waals surface area contributed by atoms with Crippen LogP contribution in [0.5, 0.6) is 17.2 Å². The number of hydrogen-bond donors (Lipinski definition) is 4. The number of hydrogen-bond acceptors (Lipinski definition) is 14. The van der Waals surface area contributed by atoms with E-state index in [1.165, 1.54) is 13.2 Å². The van der Waals surface area contributed by atoms with Crippen LogP contribution in [0.3, 0.4) is 0 Å². The molecule has 2 aliphatic heterocycles. The highest BCUT2D eigenvalue weighted by Gasteiger charge is 2.45. The number of nitrogens with two attached hydrogens (primary N) is 1. The molecule has 3 fully saturated rings. The third-order valence-corrected chi connectivity index (χ3v) is 10.8. The van der Waals surface area contributed by atoms with Gasteiger partial charge in [0, 0.05) is 48.4 Å². The minimum Gasteiger partial charge on any atom is -0.507 e. The van der Waals surface area contributed by atoms with Gasteiger partial charge in [0.05, 0.1) is 55.8 Å². The molecule has 2 saturated heterocycles. The summed E-state index contributed by atoms with van der Waals surface area (Å²) in [6.45, 7) is 1.24. The number of aromatic hydroxyl groups is 2. The predicted molar refractivity (Wildman–Crippen MR) is 184 cm³/mol. The molecule has 3 aliphatic carbocycles. The Morgan fingerprint density at radius 1 is 0.962 bits per heavy atom. The fourth-order valence-electron chi connectivity index (χ4n) is 8.15. The standard InChI is InChI=1S/C38H46N2O13/c1-47-25-7-5-6-22-30(25)36(45)33-32(34(22)43)35(44)23-14-20(24(41)17-50-38(51-18-27(39)42)10-3-2-4-11-38)15-26(31(23)37(33)46)53-29-9-8-21(16-49-29)52-28-19-48-13-12-40-28/h5-7,20-21,26,28-29,40,44,46H,2-4,8-19H2,1H3,(H2,39,42). The zero-order valence-electron chi connectivity index (χ0n) is 29.7. The molecular weight excluding hydrogens is 692 g/mol. The highest BCUT2D eigenvalue weighted by Crippen LogP contribution is 2.52. The summed E-state index contributed by atoms with van der Waals surface area (Å²) >= 11 is 0. The number of methoxy groups -OCH3 is 1. The topological polar surface area (TPSA) is 211 Å². The van der Waals surface area contributed by atoms with Gasteiger partial charge in [-0.15, -0.1) is 0 Å². The number of ketones is 3. The van der Waals surface area contributed by atoms with Gasteiger partial charge in [0.15, 0.2) is 23.6 Å². The smallest absolute Gasteiger partial charge is 0.243 e. The first kappa shape index (κ1) is 37.4. The quantitative estimate of drug-likeness (QED) is 0.156. The van der Waals surface area contributed by atoms with Gasteiger partial charge in [0.25, 0.3) is 0 Å². The molecule has 5 unspecified atom stereocenters. The molecule has 0 spiro atoms. The molecular formula is C38H46N2O13. The van der Waals surface area contributed by atoms with E-state index < -0.39 is 53.1 Å². The average molecular weight is 739 g/mol. The number of morpholine rings is 1. The van der Waals surface area contributed by atoms with Gasteiger partial charge >= 0.3 is 0 Å². The van der Waals surface area contributed by atoms with Crippen LogP contribution in [-0.4, -0.2) is 105 Å². The maximum absolute atomic E-state index is 14.0. The molecule has 2 aromatic carbocycles. The number of amides is 1. The maximum atomic E-state index is 14.0. The Morgan fingerprint density at radius 2 is 1.74 bits per heavy atom. The lowest BCUT2D eigenvalue weighted by Crippen LogP contribution is -2.47. The van der Waals surface area contributed by atoms with Gasteiger partial charge in [-0.3, -0.25) is 24.5 Å². The molecule has 5 atom stereocenters. The number of primary amides is 1. The van der Waals surface area contributed by atoms with Crippen molar-refractivity contribution in [2.75, 3.05) is 46.7 Å². The highest BCUT2D eigenvalue weighted by atomic mass is 16.7. The van der Waals surface area contributed by atoms with Crippen molar-refractivity contribution in [1.82, 2.24) is 5.32 Å². The number of carbonyl (C=O) groups excluding carboxylic acids is 4. The van der Waals surface area contributed by atoms with Gasteiger partial charge in [0.2, 0.25) is 11.7 Å². The number of phenolic OH excluding ortho intramolecular Hbond substituents is 2. The lowest BCUT2D eigenvalue weighted by atomic mass is 9.73. The molecule has 0 aromatic heterocycles. The molecule has 53 heavy (non-hydrogen) atoms. The van der Waals surface area contributed by atoms with Crippen molar-refractivity contribution in [2.24, 2.45) is 11.7 Å². The van der Waals surface area contributed by atoms with Crippen LogP contribution >= 0.6 is 0 Å². The molecule has 5 N–H and O–H groups in total. The summed E-state index contributed by atoms with van der Waals surface area (Å²) in [5.74, 6) is -5.10. The summed E-state index contributed by atoms with van der Waals surface area (Å²) in [6.07, 6.45) is 2.28. The Bertz CT molecular complexity index is 1740. The summed E-state index contributed by atoms with van der Waals surface area (Å²) in [6, 6.07) is 4.56. The maximum Gasteiger partial charge on any atom is 0.243 e. The summed E-state index contributed by atoms with van der Waals surface area (Å²) < 4.78 is 41.4. The Hall–Kier alpha value is -3.96. The van der Waals surface area contributed by atoms with E-state index in [9.17, 15) is 29.4 Å². The summed E-state index contributed by atoms with van der Waals surface area (Å²) in [4.78, 5) is 53.4. The molecule has 0 bridgehead atoms. The highest BCUT2D eigenvalue weighted by molar-refractivity contribution is 6.31. The Kier molecular flexibility index (Phi) is 11.1. The van der Waals surface area contributed by atoms with Gasteiger partial charge < -0.3 is 49.1 Å². The van der Waals surface area contributed by atoms with E-state index in [0.717, 1.165) is 19.3 Å². The fraction of sp³-hybridized carbons (Fsp3) is 0.579. The van der Waals surface area contributed by atoms with Crippen LogP contribution in [0.2, 0.25) is 0 Å². The fourth-order valence-corrected chi connectivity index (χ4v) is 8.15. The molecule has 286 valence electrons. The zero-order chi connectivity index (χ0) is 37.3. The normalized spacial score (nSPS) is 26.6. The second-order valence-corrected chi connectivity index (χ2v) is 14.2. The first-order valence-electron chi connectivity index (χ1n) is 18.3. The van der Waals surface area contributed by atoms with E-state index in [-0.39, 0.29) is 89.9 Å². The minimum atomic E-state index is -1.14. The first-order chi connectivity index (χ1) is 25.6. The third kappa shape index (κ3) is 7.56. The number of rotatable bonds is 12. The summed E-state index contributed by atoms with van der Waals surface area (Å²) in [7, 11) is 1.37. The molecule has 15 nitrogen and oxygen atoms in total. The molecule has 7 rings (SSSR count). The molecule has 0 radical (unpaired) electrons. The Labute approximate surface area is 306 Å². The van der Waals surface area contributed by atoms with Gasteiger partial charge in [-0.2, -0.15) is 0 Å². The lowest BCUT2D eigenvalue weighted by Gasteiger charge is -2.39. The number of nitrogens with one attached hydrogen (secondary N) is 1. The molecule has 2 heterocycles. The number of benzene rings is 2. The number of fused-ring (bicyclic) bond motifs is 3. The number of ether oxygens (including phenoxy) is 7. The second-order valence-electron chi connectivity index (χ2n) is 14.2. The number of carbonyl (C=O) groups is 4. The molecule has 1 amide bonds. The number of phenols is 2. The largest absolute Gasteiger partial charge is 0.507 e. The molecule has 15 heteroatoms. The Balaban J connectivity index is 1.17. The minimum absolute atomic E-state index is 0.0182. The van der Waals surface area contributed by atoms with Crippen molar-refractivity contribution in [2.45, 2.75) is 88.3 Å². The summed E-state index contributed by atoms with van der Waals surface area (Å²) in [5, 5.41) is 27.0. The van der Waals surface area contributed by atoms with Crippen LogP contribution < -0.4 is 15.8 Å². The van der Waals surface area contributed by atoms with E-state index in [1.54, 1.807) is 12.1 Å². The first-order valence-corrected chi connectivity index (χ1v) is 18.3. The predicted octanol–water partition coefficient (Wildman–Crippen LogP) is 2.72. The van der Waals surface area contributed by atoms with E-state index in [0.29, 0.717) is 45.4 Å². The van der Waals surface area contributed by atoms with Crippen molar-refractivity contribution >= 4 is 23.3 Å². The molecule has 2 aromatic rings. The second kappa shape index (κ2) is 15.8. The Morgan fingerprint density at radius 3 is 2.43 bits per heavy atom. The van der Waals surface area contributed by atoms with Gasteiger partial charge in [-0.05, 0) is 38.2 Å². The number of Topliss-reactive ketones (excluding diaryl/α,β-unsaturated/α-hetero) is 1. The monoisotopic (exact) mass is 738 g/mol. The van der Waals surface area contributed by atoms with Crippen LogP contribution in [0.25, 0.3) is 0 Å². The van der Waals surface area contributed by atoms with Crippen molar-refractivity contribution in [1.29, 1.82) is 0 Å². The van der Waals surface area contributed by atoms with E-state index in [2.05, 4.69) is 5.32 Å². The van der Waals surface area contributed by atoms with Crippen molar-refractivity contribution in [3.63, 3.8) is 0 Å².